The zero-order valence-electron chi connectivity index (χ0n) is 9.09. The van der Waals surface area contributed by atoms with Crippen molar-refractivity contribution >= 4 is 5.84 Å². The quantitative estimate of drug-likeness (QED) is 0.462. The Hall–Kier alpha value is -0.570. The molecule has 0 bridgehead atoms. The van der Waals surface area contributed by atoms with E-state index in [1.807, 2.05) is 0 Å². The van der Waals surface area contributed by atoms with Crippen LogP contribution < -0.4 is 5.73 Å². The Morgan fingerprint density at radius 2 is 1.92 bits per heavy atom. The zero-order valence-corrected chi connectivity index (χ0v) is 9.09. The van der Waals surface area contributed by atoms with Crippen LogP contribution in [0.3, 0.4) is 0 Å². The summed E-state index contributed by atoms with van der Waals surface area (Å²) in [6.07, 6.45) is 0.863. The van der Waals surface area contributed by atoms with Gasteiger partial charge in [-0.2, -0.15) is 0 Å². The molecule has 78 valence electrons. The van der Waals surface area contributed by atoms with Crippen LogP contribution in [-0.4, -0.2) is 17.0 Å². The summed E-state index contributed by atoms with van der Waals surface area (Å²) in [7, 11) is 0. The minimum Gasteiger partial charge on any atom is -0.385 e. The first-order valence-electron chi connectivity index (χ1n) is 4.74. The van der Waals surface area contributed by atoms with Crippen molar-refractivity contribution in [2.45, 2.75) is 46.6 Å². The van der Waals surface area contributed by atoms with E-state index in [-0.39, 0.29) is 11.3 Å². The second-order valence-electron chi connectivity index (χ2n) is 5.08. The molecule has 0 heterocycles. The van der Waals surface area contributed by atoms with Crippen LogP contribution in [0.4, 0.5) is 0 Å². The van der Waals surface area contributed by atoms with E-state index in [1.54, 1.807) is 0 Å². The molecule has 0 aliphatic rings. The highest BCUT2D eigenvalue weighted by atomic mass is 16.3. The first-order valence-corrected chi connectivity index (χ1v) is 4.74. The van der Waals surface area contributed by atoms with Gasteiger partial charge >= 0.3 is 0 Å². The van der Waals surface area contributed by atoms with Gasteiger partial charge in [0.2, 0.25) is 0 Å². The lowest BCUT2D eigenvalue weighted by Gasteiger charge is -2.24. The Kier molecular flexibility index (Phi) is 4.40. The molecule has 2 atom stereocenters. The minimum atomic E-state index is -0.766. The van der Waals surface area contributed by atoms with Gasteiger partial charge < -0.3 is 10.8 Å². The Morgan fingerprint density at radius 3 is 2.23 bits per heavy atom. The van der Waals surface area contributed by atoms with Gasteiger partial charge in [-0.15, -0.1) is 0 Å². The van der Waals surface area contributed by atoms with E-state index in [9.17, 15) is 5.11 Å². The largest absolute Gasteiger partial charge is 0.385 e. The summed E-state index contributed by atoms with van der Waals surface area (Å²) in [6.45, 7) is 8.59. The fourth-order valence-electron chi connectivity index (χ4n) is 1.64. The van der Waals surface area contributed by atoms with E-state index in [2.05, 4.69) is 27.7 Å². The van der Waals surface area contributed by atoms with Gasteiger partial charge in [-0.1, -0.05) is 27.7 Å². The normalized spacial score (nSPS) is 16.7. The second-order valence-corrected chi connectivity index (χ2v) is 5.08. The number of nitrogens with two attached hydrogens (primary N) is 1. The second kappa shape index (κ2) is 4.61. The van der Waals surface area contributed by atoms with Gasteiger partial charge in [0.25, 0.3) is 0 Å². The zero-order chi connectivity index (χ0) is 10.6. The molecule has 0 spiro atoms. The summed E-state index contributed by atoms with van der Waals surface area (Å²) in [4.78, 5) is 0. The first kappa shape index (κ1) is 12.4. The van der Waals surface area contributed by atoms with Gasteiger partial charge in [0.05, 0.1) is 0 Å². The standard InChI is InChI=1S/C10H22N2O/c1-7(6-10(2,3)4)5-8(13)9(11)12/h7-8,13H,5-6H2,1-4H3,(H3,11,12)/t7-,8+/m1/s1. The minimum absolute atomic E-state index is 0.124. The lowest BCUT2D eigenvalue weighted by molar-refractivity contribution is 0.184. The van der Waals surface area contributed by atoms with E-state index < -0.39 is 6.10 Å². The van der Waals surface area contributed by atoms with E-state index in [0.717, 1.165) is 6.42 Å². The van der Waals surface area contributed by atoms with Gasteiger partial charge in [-0.3, -0.25) is 5.41 Å². The Balaban J connectivity index is 3.88. The highest BCUT2D eigenvalue weighted by Crippen LogP contribution is 2.26. The van der Waals surface area contributed by atoms with Gasteiger partial charge in [0.15, 0.2) is 0 Å². The number of aliphatic hydroxyl groups excluding tert-OH is 1. The number of aliphatic hydroxyl groups is 1. The van der Waals surface area contributed by atoms with Crippen LogP contribution >= 0.6 is 0 Å². The maximum atomic E-state index is 9.34. The lowest BCUT2D eigenvalue weighted by Crippen LogP contribution is -2.30. The Labute approximate surface area is 80.8 Å². The molecule has 3 nitrogen and oxygen atoms in total. The molecule has 0 aromatic rings. The number of hydrogen-bond acceptors (Lipinski definition) is 2. The molecule has 0 rings (SSSR count). The van der Waals surface area contributed by atoms with Crippen molar-refractivity contribution in [3.05, 3.63) is 0 Å². The van der Waals surface area contributed by atoms with E-state index in [0.29, 0.717) is 12.3 Å². The molecule has 3 heteroatoms. The lowest BCUT2D eigenvalue weighted by atomic mass is 9.83. The number of amidine groups is 1. The molecule has 4 N–H and O–H groups in total. The third kappa shape index (κ3) is 6.58. The molecule has 0 radical (unpaired) electrons. The van der Waals surface area contributed by atoms with Crippen LogP contribution in [0.1, 0.15) is 40.5 Å². The molecule has 0 unspecified atom stereocenters. The fraction of sp³-hybridized carbons (Fsp3) is 0.900. The first-order chi connectivity index (χ1) is 5.72. The van der Waals surface area contributed by atoms with Crippen LogP contribution in [0.2, 0.25) is 0 Å². The smallest absolute Gasteiger partial charge is 0.120 e. The van der Waals surface area contributed by atoms with Crippen LogP contribution in [0.15, 0.2) is 0 Å². The molecule has 0 aromatic carbocycles. The molecule has 0 aliphatic heterocycles. The molecule has 0 saturated heterocycles. The molecule has 0 aliphatic carbocycles. The van der Waals surface area contributed by atoms with Gasteiger partial charge in [0, 0.05) is 0 Å². The monoisotopic (exact) mass is 186 g/mol. The fourth-order valence-corrected chi connectivity index (χ4v) is 1.64. The Bertz CT molecular complexity index is 172. The third-order valence-corrected chi connectivity index (χ3v) is 1.95. The summed E-state index contributed by atoms with van der Waals surface area (Å²) >= 11 is 0. The van der Waals surface area contributed by atoms with Crippen LogP contribution in [-0.2, 0) is 0 Å². The van der Waals surface area contributed by atoms with Crippen molar-refractivity contribution in [1.29, 1.82) is 5.41 Å². The van der Waals surface area contributed by atoms with E-state index in [1.165, 1.54) is 0 Å². The summed E-state index contributed by atoms with van der Waals surface area (Å²) in [5.74, 6) is 0.277. The maximum Gasteiger partial charge on any atom is 0.120 e. The van der Waals surface area contributed by atoms with Crippen molar-refractivity contribution in [3.8, 4) is 0 Å². The average Bonchev–Trinajstić information content (AvgIpc) is 1.81. The SMILES string of the molecule is C[C@H](C[C@H](O)C(=N)N)CC(C)(C)C. The molecule has 0 saturated carbocycles. The summed E-state index contributed by atoms with van der Waals surface area (Å²) in [5.41, 5.74) is 5.46. The molecule has 0 fully saturated rings. The number of hydrogen-bond donors (Lipinski definition) is 3. The number of rotatable bonds is 4. The highest BCUT2D eigenvalue weighted by Gasteiger charge is 2.18. The van der Waals surface area contributed by atoms with Crippen molar-refractivity contribution in [2.24, 2.45) is 17.1 Å². The van der Waals surface area contributed by atoms with Crippen molar-refractivity contribution in [3.63, 3.8) is 0 Å². The molecule has 13 heavy (non-hydrogen) atoms. The van der Waals surface area contributed by atoms with E-state index >= 15 is 0 Å². The Morgan fingerprint density at radius 1 is 1.46 bits per heavy atom. The van der Waals surface area contributed by atoms with Crippen molar-refractivity contribution < 1.29 is 5.11 Å². The van der Waals surface area contributed by atoms with E-state index in [4.69, 9.17) is 11.1 Å². The molecular weight excluding hydrogens is 164 g/mol. The highest BCUT2D eigenvalue weighted by molar-refractivity contribution is 5.81. The summed E-state index contributed by atoms with van der Waals surface area (Å²) in [5, 5.41) is 16.4. The van der Waals surface area contributed by atoms with Crippen LogP contribution in [0.25, 0.3) is 0 Å². The van der Waals surface area contributed by atoms with Crippen molar-refractivity contribution in [1.82, 2.24) is 0 Å². The predicted molar refractivity (Wildman–Crippen MR) is 55.8 cm³/mol. The summed E-state index contributed by atoms with van der Waals surface area (Å²) in [6, 6.07) is 0. The van der Waals surface area contributed by atoms with Gasteiger partial charge in [-0.25, -0.2) is 0 Å². The molecule has 0 amide bonds. The summed E-state index contributed by atoms with van der Waals surface area (Å²) < 4.78 is 0. The number of nitrogens with one attached hydrogen (secondary N) is 1. The van der Waals surface area contributed by atoms with Crippen molar-refractivity contribution in [2.75, 3.05) is 0 Å². The maximum absolute atomic E-state index is 9.34. The van der Waals surface area contributed by atoms with Crippen LogP contribution in [0.5, 0.6) is 0 Å². The average molecular weight is 186 g/mol. The molecular formula is C10H22N2O. The topological polar surface area (TPSA) is 70.1 Å². The van der Waals surface area contributed by atoms with Gasteiger partial charge in [0.1, 0.15) is 11.9 Å². The predicted octanol–water partition coefficient (Wildman–Crippen LogP) is 1.75. The van der Waals surface area contributed by atoms with Crippen LogP contribution in [0, 0.1) is 16.7 Å². The molecule has 0 aromatic heterocycles. The van der Waals surface area contributed by atoms with Gasteiger partial charge in [-0.05, 0) is 24.2 Å². The third-order valence-electron chi connectivity index (χ3n) is 1.95.